The Morgan fingerprint density at radius 1 is 1.25 bits per heavy atom. The number of nitrogens with one attached hydrogen (secondary N) is 1. The molecule has 4 nitrogen and oxygen atoms in total. The number of hydrogen-bond acceptors (Lipinski definition) is 3. The number of ether oxygens (including phenoxy) is 1. The molecule has 4 heteroatoms. The number of carbonyl (C=O) groups is 1. The highest BCUT2D eigenvalue weighted by Gasteiger charge is 2.20. The maximum Gasteiger partial charge on any atom is 0.308 e. The molecular formula is C20H20N2O2. The second-order valence-electron chi connectivity index (χ2n) is 6.55. The van der Waals surface area contributed by atoms with Crippen LogP contribution in [0.15, 0.2) is 24.4 Å². The van der Waals surface area contributed by atoms with Crippen molar-refractivity contribution in [3.8, 4) is 5.75 Å². The maximum absolute atomic E-state index is 11.3. The van der Waals surface area contributed by atoms with E-state index in [4.69, 9.17) is 4.74 Å². The summed E-state index contributed by atoms with van der Waals surface area (Å²) in [6, 6.07) is 5.77. The molecule has 2 heterocycles. The fraction of sp³-hybridized carbons (Fsp3) is 0.250. The normalized spacial score (nSPS) is 13.6. The lowest BCUT2D eigenvalue weighted by atomic mass is 9.91. The monoisotopic (exact) mass is 320 g/mol. The van der Waals surface area contributed by atoms with Crippen LogP contribution in [0.5, 0.6) is 5.75 Å². The van der Waals surface area contributed by atoms with E-state index in [2.05, 4.69) is 43.1 Å². The van der Waals surface area contributed by atoms with Crippen LogP contribution in [-0.2, 0) is 11.3 Å². The Morgan fingerprint density at radius 3 is 2.79 bits per heavy atom. The van der Waals surface area contributed by atoms with E-state index in [1.54, 1.807) is 0 Å². The minimum atomic E-state index is -0.300. The third kappa shape index (κ3) is 2.10. The molecule has 122 valence electrons. The van der Waals surface area contributed by atoms with Gasteiger partial charge in [0, 0.05) is 36.8 Å². The van der Waals surface area contributed by atoms with Crippen LogP contribution >= 0.6 is 0 Å². The molecule has 0 saturated heterocycles. The molecule has 4 rings (SSSR count). The zero-order valence-electron chi connectivity index (χ0n) is 14.4. The molecule has 1 N–H and O–H groups in total. The Labute approximate surface area is 140 Å². The van der Waals surface area contributed by atoms with Gasteiger partial charge >= 0.3 is 5.97 Å². The van der Waals surface area contributed by atoms with Gasteiger partial charge in [-0.1, -0.05) is 0 Å². The lowest BCUT2D eigenvalue weighted by Crippen LogP contribution is -2.16. The number of rotatable bonds is 1. The number of benzene rings is 2. The van der Waals surface area contributed by atoms with E-state index in [0.717, 1.165) is 23.0 Å². The SMILES string of the molecule is CC(=O)Oc1ccc2[nH]c3c(C)c4c(c(C)c3c2c1)CN(C)C=C4. The first kappa shape index (κ1) is 14.8. The van der Waals surface area contributed by atoms with Crippen molar-refractivity contribution < 1.29 is 9.53 Å². The summed E-state index contributed by atoms with van der Waals surface area (Å²) in [4.78, 5) is 17.0. The quantitative estimate of drug-likeness (QED) is 0.538. The highest BCUT2D eigenvalue weighted by atomic mass is 16.5. The van der Waals surface area contributed by atoms with Crippen molar-refractivity contribution in [1.82, 2.24) is 9.88 Å². The summed E-state index contributed by atoms with van der Waals surface area (Å²) >= 11 is 0. The van der Waals surface area contributed by atoms with Crippen LogP contribution in [0.25, 0.3) is 27.9 Å². The number of aryl methyl sites for hydroxylation is 2. The van der Waals surface area contributed by atoms with Crippen molar-refractivity contribution in [1.29, 1.82) is 0 Å². The first-order valence-corrected chi connectivity index (χ1v) is 8.10. The van der Waals surface area contributed by atoms with Crippen LogP contribution in [0.3, 0.4) is 0 Å². The Morgan fingerprint density at radius 2 is 2.04 bits per heavy atom. The fourth-order valence-corrected chi connectivity index (χ4v) is 3.72. The zero-order chi connectivity index (χ0) is 17.0. The van der Waals surface area contributed by atoms with Gasteiger partial charge in [-0.15, -0.1) is 0 Å². The van der Waals surface area contributed by atoms with E-state index in [9.17, 15) is 4.79 Å². The van der Waals surface area contributed by atoms with Gasteiger partial charge in [-0.2, -0.15) is 0 Å². The van der Waals surface area contributed by atoms with E-state index in [1.807, 2.05) is 18.2 Å². The first-order valence-electron chi connectivity index (χ1n) is 8.10. The molecule has 2 aromatic carbocycles. The zero-order valence-corrected chi connectivity index (χ0v) is 14.4. The van der Waals surface area contributed by atoms with E-state index in [0.29, 0.717) is 5.75 Å². The third-order valence-electron chi connectivity index (χ3n) is 4.87. The van der Waals surface area contributed by atoms with E-state index < -0.39 is 0 Å². The maximum atomic E-state index is 11.3. The van der Waals surface area contributed by atoms with Gasteiger partial charge in [0.2, 0.25) is 0 Å². The highest BCUT2D eigenvalue weighted by molar-refractivity contribution is 6.11. The second-order valence-corrected chi connectivity index (χ2v) is 6.55. The lowest BCUT2D eigenvalue weighted by Gasteiger charge is -2.24. The van der Waals surface area contributed by atoms with Crippen LogP contribution in [0.2, 0.25) is 0 Å². The van der Waals surface area contributed by atoms with Crippen molar-refractivity contribution in [2.24, 2.45) is 0 Å². The molecule has 0 atom stereocenters. The summed E-state index contributed by atoms with van der Waals surface area (Å²) in [5, 5.41) is 2.32. The predicted octanol–water partition coefficient (Wildman–Crippen LogP) is 4.28. The molecule has 1 aliphatic heterocycles. The van der Waals surface area contributed by atoms with E-state index in [1.165, 1.54) is 34.6 Å². The molecule has 3 aromatic rings. The average Bonchev–Trinajstić information content (AvgIpc) is 2.91. The number of esters is 1. The van der Waals surface area contributed by atoms with Crippen molar-refractivity contribution in [3.05, 3.63) is 46.7 Å². The standard InChI is InChI=1S/C20H20N2O2/c1-11-17-10-22(4)8-7-15(17)12(2)20-19(11)16-9-14(24-13(3)23)5-6-18(16)21-20/h5-9,21H,10H2,1-4H3. The van der Waals surface area contributed by atoms with Crippen molar-refractivity contribution >= 4 is 33.9 Å². The van der Waals surface area contributed by atoms with Gasteiger partial charge in [-0.05, 0) is 66.6 Å². The molecule has 24 heavy (non-hydrogen) atoms. The van der Waals surface area contributed by atoms with Crippen LogP contribution < -0.4 is 4.74 Å². The Bertz CT molecular complexity index is 1030. The smallest absolute Gasteiger partial charge is 0.308 e. The van der Waals surface area contributed by atoms with Gasteiger partial charge in [0.25, 0.3) is 0 Å². The molecule has 1 aromatic heterocycles. The molecule has 0 saturated carbocycles. The van der Waals surface area contributed by atoms with Crippen LogP contribution in [0, 0.1) is 13.8 Å². The topological polar surface area (TPSA) is 45.3 Å². The molecular weight excluding hydrogens is 300 g/mol. The predicted molar refractivity (Wildman–Crippen MR) is 97.1 cm³/mol. The van der Waals surface area contributed by atoms with Gasteiger partial charge in [0.1, 0.15) is 5.75 Å². The van der Waals surface area contributed by atoms with E-state index >= 15 is 0 Å². The molecule has 0 spiro atoms. The third-order valence-corrected chi connectivity index (χ3v) is 4.87. The summed E-state index contributed by atoms with van der Waals surface area (Å²) in [6.07, 6.45) is 4.32. The van der Waals surface area contributed by atoms with Crippen molar-refractivity contribution in [3.63, 3.8) is 0 Å². The Kier molecular flexibility index (Phi) is 3.17. The molecule has 0 fully saturated rings. The number of H-pyrrole nitrogens is 1. The summed E-state index contributed by atoms with van der Waals surface area (Å²) < 4.78 is 5.27. The Balaban J connectivity index is 2.06. The summed E-state index contributed by atoms with van der Waals surface area (Å²) in [7, 11) is 2.09. The van der Waals surface area contributed by atoms with Crippen molar-refractivity contribution in [2.75, 3.05) is 7.05 Å². The molecule has 0 aliphatic carbocycles. The average molecular weight is 320 g/mol. The molecule has 0 amide bonds. The summed E-state index contributed by atoms with van der Waals surface area (Å²) in [6.45, 7) is 6.68. The number of nitrogens with zero attached hydrogens (tertiary/aromatic N) is 1. The van der Waals surface area contributed by atoms with Crippen LogP contribution in [0.4, 0.5) is 0 Å². The summed E-state index contributed by atoms with van der Waals surface area (Å²) in [5.41, 5.74) is 7.45. The number of hydrogen-bond donors (Lipinski definition) is 1. The van der Waals surface area contributed by atoms with Gasteiger partial charge in [-0.25, -0.2) is 0 Å². The number of fused-ring (bicyclic) bond motifs is 4. The minimum Gasteiger partial charge on any atom is -0.427 e. The summed E-state index contributed by atoms with van der Waals surface area (Å²) in [5.74, 6) is 0.286. The second kappa shape index (κ2) is 5.13. The first-order chi connectivity index (χ1) is 11.5. The fourth-order valence-electron chi connectivity index (χ4n) is 3.72. The minimum absolute atomic E-state index is 0.300. The molecule has 0 radical (unpaired) electrons. The highest BCUT2D eigenvalue weighted by Crippen LogP contribution is 2.38. The Hall–Kier alpha value is -2.75. The van der Waals surface area contributed by atoms with Crippen molar-refractivity contribution in [2.45, 2.75) is 27.3 Å². The van der Waals surface area contributed by atoms with Crippen LogP contribution in [0.1, 0.15) is 29.2 Å². The lowest BCUT2D eigenvalue weighted by molar-refractivity contribution is -0.131. The number of aromatic amines is 1. The number of aromatic nitrogens is 1. The van der Waals surface area contributed by atoms with Gasteiger partial charge < -0.3 is 14.6 Å². The van der Waals surface area contributed by atoms with E-state index in [-0.39, 0.29) is 5.97 Å². The van der Waals surface area contributed by atoms with Gasteiger partial charge in [0.15, 0.2) is 0 Å². The largest absolute Gasteiger partial charge is 0.427 e. The van der Waals surface area contributed by atoms with Gasteiger partial charge in [0.05, 0.1) is 5.52 Å². The molecule has 0 unspecified atom stereocenters. The van der Waals surface area contributed by atoms with Gasteiger partial charge in [-0.3, -0.25) is 4.79 Å². The number of carbonyl (C=O) groups excluding carboxylic acids is 1. The molecule has 0 bridgehead atoms. The molecule has 1 aliphatic rings. The van der Waals surface area contributed by atoms with Crippen LogP contribution in [-0.4, -0.2) is 22.9 Å².